The van der Waals surface area contributed by atoms with E-state index in [-0.39, 0.29) is 12.2 Å². The van der Waals surface area contributed by atoms with Gasteiger partial charge in [-0.1, -0.05) is 36.4 Å². The van der Waals surface area contributed by atoms with Crippen LogP contribution in [0.1, 0.15) is 17.2 Å². The van der Waals surface area contributed by atoms with Gasteiger partial charge in [-0.25, -0.2) is 9.59 Å². The summed E-state index contributed by atoms with van der Waals surface area (Å²) in [5, 5.41) is 22.0. The van der Waals surface area contributed by atoms with E-state index in [9.17, 15) is 19.8 Å². The Bertz CT molecular complexity index is 779. The van der Waals surface area contributed by atoms with Crippen molar-refractivity contribution in [3.8, 4) is 11.5 Å². The molecule has 1 amide bonds. The number of carboxylic acids is 1. The highest BCUT2D eigenvalue weighted by molar-refractivity contribution is 5.80. The largest absolute Gasteiger partial charge is 0.493 e. The van der Waals surface area contributed by atoms with Gasteiger partial charge in [0.25, 0.3) is 0 Å². The summed E-state index contributed by atoms with van der Waals surface area (Å²) in [7, 11) is 2.88. The zero-order chi connectivity index (χ0) is 19.8. The number of hydrogen-bond donors (Lipinski definition) is 3. The van der Waals surface area contributed by atoms with Crippen LogP contribution >= 0.6 is 0 Å². The van der Waals surface area contributed by atoms with E-state index >= 15 is 0 Å². The molecule has 8 nitrogen and oxygen atoms in total. The highest BCUT2D eigenvalue weighted by Gasteiger charge is 2.30. The van der Waals surface area contributed by atoms with Gasteiger partial charge in [-0.2, -0.15) is 0 Å². The normalized spacial score (nSPS) is 12.6. The molecule has 0 aliphatic heterocycles. The first-order valence-electron chi connectivity index (χ1n) is 8.06. The SMILES string of the molecule is COc1ccc(C(O)C(NC(=O)OCc2ccccc2)C(=O)O)cc1OC. The number of alkyl carbamates (subject to hydrolysis) is 1. The standard InChI is InChI=1S/C19H21NO7/c1-25-14-9-8-13(10-15(14)26-2)17(21)16(18(22)23)20-19(24)27-11-12-6-4-3-5-7-12/h3-10,16-17,21H,11H2,1-2H3,(H,20,24)(H,22,23). The molecule has 2 rings (SSSR count). The summed E-state index contributed by atoms with van der Waals surface area (Å²) in [6, 6.07) is 11.8. The smallest absolute Gasteiger partial charge is 0.408 e. The summed E-state index contributed by atoms with van der Waals surface area (Å²) in [5.41, 5.74) is 0.989. The van der Waals surface area contributed by atoms with E-state index in [0.29, 0.717) is 11.5 Å². The molecule has 2 aromatic rings. The minimum absolute atomic E-state index is 0.0224. The van der Waals surface area contributed by atoms with Crippen LogP contribution in [0.15, 0.2) is 48.5 Å². The van der Waals surface area contributed by atoms with Gasteiger partial charge in [-0.05, 0) is 23.3 Å². The number of ether oxygens (including phenoxy) is 3. The first kappa shape index (κ1) is 20.1. The lowest BCUT2D eigenvalue weighted by atomic mass is 10.0. The van der Waals surface area contributed by atoms with Crippen LogP contribution in [0.25, 0.3) is 0 Å². The van der Waals surface area contributed by atoms with Gasteiger partial charge in [0.2, 0.25) is 0 Å². The molecule has 0 heterocycles. The predicted octanol–water partition coefficient (Wildman–Crippen LogP) is 2.12. The lowest BCUT2D eigenvalue weighted by Gasteiger charge is -2.21. The third kappa shape index (κ3) is 5.35. The minimum atomic E-state index is -1.61. The fourth-order valence-electron chi connectivity index (χ4n) is 2.40. The van der Waals surface area contributed by atoms with Crippen LogP contribution in [0.4, 0.5) is 4.79 Å². The molecule has 27 heavy (non-hydrogen) atoms. The Morgan fingerprint density at radius 2 is 1.70 bits per heavy atom. The third-order valence-electron chi connectivity index (χ3n) is 3.82. The maximum absolute atomic E-state index is 11.9. The maximum Gasteiger partial charge on any atom is 0.408 e. The maximum atomic E-state index is 11.9. The summed E-state index contributed by atoms with van der Waals surface area (Å²) in [6.45, 7) is -0.0224. The van der Waals surface area contributed by atoms with Crippen molar-refractivity contribution in [3.63, 3.8) is 0 Å². The lowest BCUT2D eigenvalue weighted by Crippen LogP contribution is -2.45. The first-order valence-corrected chi connectivity index (χ1v) is 8.06. The molecule has 0 saturated heterocycles. The predicted molar refractivity (Wildman–Crippen MR) is 95.7 cm³/mol. The van der Waals surface area contributed by atoms with E-state index in [2.05, 4.69) is 5.32 Å². The molecule has 2 aromatic carbocycles. The Hall–Kier alpha value is -3.26. The van der Waals surface area contributed by atoms with Crippen LogP contribution in [0.3, 0.4) is 0 Å². The van der Waals surface area contributed by atoms with Crippen molar-refractivity contribution in [3.05, 3.63) is 59.7 Å². The van der Waals surface area contributed by atoms with Gasteiger partial charge in [0.15, 0.2) is 17.5 Å². The second-order valence-electron chi connectivity index (χ2n) is 5.58. The zero-order valence-corrected chi connectivity index (χ0v) is 14.9. The first-order chi connectivity index (χ1) is 13.0. The monoisotopic (exact) mass is 375 g/mol. The molecule has 8 heteroatoms. The number of carbonyl (C=O) groups excluding carboxylic acids is 1. The number of carboxylic acid groups (broad SMARTS) is 1. The molecule has 0 aromatic heterocycles. The summed E-state index contributed by atoms with van der Waals surface area (Å²) >= 11 is 0. The summed E-state index contributed by atoms with van der Waals surface area (Å²) in [4.78, 5) is 23.5. The van der Waals surface area contributed by atoms with E-state index in [1.165, 1.54) is 32.4 Å². The molecule has 0 saturated carbocycles. The number of aliphatic carboxylic acids is 1. The molecule has 0 aliphatic rings. The lowest BCUT2D eigenvalue weighted by molar-refractivity contribution is -0.142. The van der Waals surface area contributed by atoms with Crippen molar-refractivity contribution in [2.45, 2.75) is 18.8 Å². The van der Waals surface area contributed by atoms with Gasteiger partial charge < -0.3 is 29.7 Å². The molecular weight excluding hydrogens is 354 g/mol. The van der Waals surface area contributed by atoms with Gasteiger partial charge in [-0.15, -0.1) is 0 Å². The molecule has 2 atom stereocenters. The highest BCUT2D eigenvalue weighted by atomic mass is 16.5. The molecule has 144 valence electrons. The Balaban J connectivity index is 2.07. The third-order valence-corrected chi connectivity index (χ3v) is 3.82. The number of aliphatic hydroxyl groups is 1. The summed E-state index contributed by atoms with van der Waals surface area (Å²) in [6.07, 6.45) is -2.47. The molecule has 0 bridgehead atoms. The topological polar surface area (TPSA) is 114 Å². The Kier molecular flexibility index (Phi) is 7.01. The van der Waals surface area contributed by atoms with Gasteiger partial charge >= 0.3 is 12.1 Å². The second kappa shape index (κ2) is 9.44. The Labute approximate surface area is 156 Å². The average molecular weight is 375 g/mol. The van der Waals surface area contributed by atoms with Crippen molar-refractivity contribution in [2.75, 3.05) is 14.2 Å². The number of rotatable bonds is 8. The van der Waals surface area contributed by atoms with Crippen molar-refractivity contribution in [1.29, 1.82) is 0 Å². The molecular formula is C19H21NO7. The quantitative estimate of drug-likeness (QED) is 0.647. The highest BCUT2D eigenvalue weighted by Crippen LogP contribution is 2.31. The number of methoxy groups -OCH3 is 2. The number of hydrogen-bond acceptors (Lipinski definition) is 6. The van der Waals surface area contributed by atoms with Crippen LogP contribution in [0.2, 0.25) is 0 Å². The minimum Gasteiger partial charge on any atom is -0.493 e. The van der Waals surface area contributed by atoms with Crippen LogP contribution < -0.4 is 14.8 Å². The fourth-order valence-corrected chi connectivity index (χ4v) is 2.40. The van der Waals surface area contributed by atoms with Crippen molar-refractivity contribution < 1.29 is 34.0 Å². The molecule has 3 N–H and O–H groups in total. The number of carbonyl (C=O) groups is 2. The van der Waals surface area contributed by atoms with Crippen LogP contribution in [0.5, 0.6) is 11.5 Å². The molecule has 0 fully saturated rings. The fraction of sp³-hybridized carbons (Fsp3) is 0.263. The van der Waals surface area contributed by atoms with E-state index in [4.69, 9.17) is 14.2 Å². The summed E-state index contributed by atoms with van der Waals surface area (Å²) in [5.74, 6) is -0.658. The van der Waals surface area contributed by atoms with Gasteiger partial charge in [0, 0.05) is 0 Å². The van der Waals surface area contributed by atoms with Gasteiger partial charge in [-0.3, -0.25) is 0 Å². The number of aliphatic hydroxyl groups excluding tert-OH is 1. The Morgan fingerprint density at radius 3 is 2.30 bits per heavy atom. The molecule has 0 spiro atoms. The van der Waals surface area contributed by atoms with Crippen molar-refractivity contribution in [2.24, 2.45) is 0 Å². The van der Waals surface area contributed by atoms with E-state index in [1.807, 2.05) is 6.07 Å². The zero-order valence-electron chi connectivity index (χ0n) is 14.9. The van der Waals surface area contributed by atoms with E-state index < -0.39 is 24.2 Å². The number of benzene rings is 2. The molecule has 2 unspecified atom stereocenters. The summed E-state index contributed by atoms with van der Waals surface area (Å²) < 4.78 is 15.3. The van der Waals surface area contributed by atoms with Crippen molar-refractivity contribution >= 4 is 12.1 Å². The average Bonchev–Trinajstić information content (AvgIpc) is 2.69. The van der Waals surface area contributed by atoms with Crippen LogP contribution in [-0.4, -0.2) is 42.5 Å². The molecule has 0 radical (unpaired) electrons. The second-order valence-corrected chi connectivity index (χ2v) is 5.58. The van der Waals surface area contributed by atoms with Crippen LogP contribution in [-0.2, 0) is 16.1 Å². The van der Waals surface area contributed by atoms with Gasteiger partial charge in [0.1, 0.15) is 12.7 Å². The number of nitrogens with one attached hydrogen (secondary N) is 1. The van der Waals surface area contributed by atoms with E-state index in [0.717, 1.165) is 5.56 Å². The van der Waals surface area contributed by atoms with Crippen LogP contribution in [0, 0.1) is 0 Å². The van der Waals surface area contributed by atoms with Crippen molar-refractivity contribution in [1.82, 2.24) is 5.32 Å². The Morgan fingerprint density at radius 1 is 1.04 bits per heavy atom. The molecule has 0 aliphatic carbocycles. The van der Waals surface area contributed by atoms with E-state index in [1.54, 1.807) is 24.3 Å². The van der Waals surface area contributed by atoms with Gasteiger partial charge in [0.05, 0.1) is 14.2 Å². The number of amides is 1.